The summed E-state index contributed by atoms with van der Waals surface area (Å²) in [6, 6.07) is 13.1. The molecule has 0 radical (unpaired) electrons. The van der Waals surface area contributed by atoms with E-state index in [4.69, 9.17) is 4.74 Å². The molecule has 114 valence electrons. The summed E-state index contributed by atoms with van der Waals surface area (Å²) >= 11 is 0. The topological polar surface area (TPSA) is 81.5 Å². The minimum Gasteiger partial charge on any atom is -0.481 e. The predicted molar refractivity (Wildman–Crippen MR) is 83.0 cm³/mol. The Morgan fingerprint density at radius 2 is 1.95 bits per heavy atom. The number of amides is 1. The number of benzene rings is 2. The number of hydrogen-bond acceptors (Lipinski definition) is 4. The van der Waals surface area contributed by atoms with E-state index in [2.05, 4.69) is 5.32 Å². The van der Waals surface area contributed by atoms with Crippen molar-refractivity contribution in [2.45, 2.75) is 20.0 Å². The number of carbonyl (C=O) groups is 1. The minimum absolute atomic E-state index is 0.0798. The zero-order valence-corrected chi connectivity index (χ0v) is 12.3. The second-order valence-electron chi connectivity index (χ2n) is 4.87. The van der Waals surface area contributed by atoms with E-state index < -0.39 is 11.0 Å². The fraction of sp³-hybridized carbons (Fsp3) is 0.188. The van der Waals surface area contributed by atoms with Crippen LogP contribution in [-0.4, -0.2) is 16.9 Å². The molecular formula is C16H16N2O4. The van der Waals surface area contributed by atoms with Gasteiger partial charge in [0, 0.05) is 11.8 Å². The van der Waals surface area contributed by atoms with Gasteiger partial charge in [0.05, 0.1) is 11.0 Å². The van der Waals surface area contributed by atoms with Gasteiger partial charge in [0.1, 0.15) is 5.75 Å². The molecule has 1 amide bonds. The van der Waals surface area contributed by atoms with Gasteiger partial charge in [0.2, 0.25) is 0 Å². The van der Waals surface area contributed by atoms with Crippen molar-refractivity contribution in [3.63, 3.8) is 0 Å². The summed E-state index contributed by atoms with van der Waals surface area (Å²) in [5.41, 5.74) is 1.63. The number of nitrogens with zero attached hydrogens (tertiary/aromatic N) is 1. The molecule has 0 saturated carbocycles. The number of nitrogens with one attached hydrogen (secondary N) is 1. The number of aryl methyl sites for hydroxylation is 1. The van der Waals surface area contributed by atoms with Crippen molar-refractivity contribution in [2.75, 3.05) is 5.32 Å². The maximum atomic E-state index is 12.1. The number of carbonyl (C=O) groups excluding carboxylic acids is 1. The number of anilines is 1. The Labute approximate surface area is 127 Å². The van der Waals surface area contributed by atoms with Gasteiger partial charge in [-0.25, -0.2) is 0 Å². The van der Waals surface area contributed by atoms with Gasteiger partial charge in [0.15, 0.2) is 6.10 Å². The maximum Gasteiger partial charge on any atom is 0.273 e. The van der Waals surface area contributed by atoms with Crippen LogP contribution in [0, 0.1) is 17.0 Å². The van der Waals surface area contributed by atoms with Crippen LogP contribution in [0.2, 0.25) is 0 Å². The van der Waals surface area contributed by atoms with E-state index in [-0.39, 0.29) is 17.3 Å². The molecular weight excluding hydrogens is 284 g/mol. The van der Waals surface area contributed by atoms with E-state index in [1.165, 1.54) is 18.2 Å². The molecule has 0 spiro atoms. The number of non-ortho nitro benzene ring substituents is 1. The van der Waals surface area contributed by atoms with E-state index in [1.807, 2.05) is 25.1 Å². The highest BCUT2D eigenvalue weighted by atomic mass is 16.6. The van der Waals surface area contributed by atoms with Crippen molar-refractivity contribution >= 4 is 17.3 Å². The van der Waals surface area contributed by atoms with Gasteiger partial charge in [0.25, 0.3) is 11.6 Å². The first-order valence-electron chi connectivity index (χ1n) is 6.74. The predicted octanol–water partition coefficient (Wildman–Crippen LogP) is 3.31. The van der Waals surface area contributed by atoms with Gasteiger partial charge in [-0.05, 0) is 37.6 Å². The van der Waals surface area contributed by atoms with Gasteiger partial charge in [-0.1, -0.05) is 18.2 Å². The Morgan fingerprint density at radius 1 is 1.23 bits per heavy atom. The summed E-state index contributed by atoms with van der Waals surface area (Å²) in [7, 11) is 0. The smallest absolute Gasteiger partial charge is 0.273 e. The van der Waals surface area contributed by atoms with E-state index in [0.29, 0.717) is 5.69 Å². The van der Waals surface area contributed by atoms with Crippen molar-refractivity contribution in [3.8, 4) is 5.75 Å². The lowest BCUT2D eigenvalue weighted by molar-refractivity contribution is -0.384. The van der Waals surface area contributed by atoms with Crippen molar-refractivity contribution in [1.29, 1.82) is 0 Å². The third kappa shape index (κ3) is 4.05. The number of ether oxygens (including phenoxy) is 1. The highest BCUT2D eigenvalue weighted by molar-refractivity contribution is 5.94. The largest absolute Gasteiger partial charge is 0.481 e. The van der Waals surface area contributed by atoms with Crippen LogP contribution in [0.25, 0.3) is 0 Å². The Kier molecular flexibility index (Phi) is 4.73. The van der Waals surface area contributed by atoms with Crippen LogP contribution in [0.3, 0.4) is 0 Å². The second-order valence-corrected chi connectivity index (χ2v) is 4.87. The second kappa shape index (κ2) is 6.71. The van der Waals surface area contributed by atoms with Gasteiger partial charge in [-0.2, -0.15) is 0 Å². The fourth-order valence-corrected chi connectivity index (χ4v) is 1.89. The molecule has 1 atom stereocenters. The lowest BCUT2D eigenvalue weighted by Gasteiger charge is -2.14. The molecule has 0 bridgehead atoms. The number of hydrogen-bond donors (Lipinski definition) is 1. The average molecular weight is 300 g/mol. The minimum atomic E-state index is -0.775. The molecule has 0 fully saturated rings. The molecule has 2 aromatic carbocycles. The highest BCUT2D eigenvalue weighted by Crippen LogP contribution is 2.20. The van der Waals surface area contributed by atoms with Crippen molar-refractivity contribution in [1.82, 2.24) is 0 Å². The summed E-state index contributed by atoms with van der Waals surface area (Å²) in [6.45, 7) is 3.52. The van der Waals surface area contributed by atoms with Crippen LogP contribution in [0.15, 0.2) is 48.5 Å². The number of nitro benzene ring substituents is 1. The Balaban J connectivity index is 2.02. The first-order valence-corrected chi connectivity index (χ1v) is 6.74. The van der Waals surface area contributed by atoms with Gasteiger partial charge >= 0.3 is 0 Å². The van der Waals surface area contributed by atoms with Crippen LogP contribution in [0.1, 0.15) is 12.5 Å². The Morgan fingerprint density at radius 3 is 2.64 bits per heavy atom. The highest BCUT2D eigenvalue weighted by Gasteiger charge is 2.16. The summed E-state index contributed by atoms with van der Waals surface area (Å²) in [4.78, 5) is 22.3. The molecule has 2 rings (SSSR count). The SMILES string of the molecule is Cc1cccc(NC(=O)[C@H](C)Oc2cccc([N+](=O)[O-])c2)c1. The monoisotopic (exact) mass is 300 g/mol. The molecule has 0 unspecified atom stereocenters. The number of nitro groups is 1. The Bertz CT molecular complexity index is 700. The molecule has 0 heterocycles. The van der Waals surface area contributed by atoms with Crippen LogP contribution in [0.4, 0.5) is 11.4 Å². The van der Waals surface area contributed by atoms with E-state index in [9.17, 15) is 14.9 Å². The fourth-order valence-electron chi connectivity index (χ4n) is 1.89. The average Bonchev–Trinajstić information content (AvgIpc) is 2.47. The first kappa shape index (κ1) is 15.5. The molecule has 22 heavy (non-hydrogen) atoms. The molecule has 0 aliphatic carbocycles. The standard InChI is InChI=1S/C16H16N2O4/c1-11-5-3-6-13(9-11)17-16(19)12(2)22-15-8-4-7-14(10-15)18(20)21/h3-10,12H,1-2H3,(H,17,19)/t12-/m0/s1. The summed E-state index contributed by atoms with van der Waals surface area (Å²) < 4.78 is 5.45. The number of rotatable bonds is 5. The molecule has 0 aliphatic rings. The van der Waals surface area contributed by atoms with Gasteiger partial charge in [-0.3, -0.25) is 14.9 Å². The van der Waals surface area contributed by atoms with Crippen molar-refractivity contribution in [3.05, 3.63) is 64.2 Å². The van der Waals surface area contributed by atoms with Gasteiger partial charge < -0.3 is 10.1 Å². The zero-order valence-electron chi connectivity index (χ0n) is 12.3. The first-order chi connectivity index (χ1) is 10.5. The van der Waals surface area contributed by atoms with Crippen LogP contribution in [0.5, 0.6) is 5.75 Å². The third-order valence-electron chi connectivity index (χ3n) is 3.00. The third-order valence-corrected chi connectivity index (χ3v) is 3.00. The van der Waals surface area contributed by atoms with E-state index >= 15 is 0 Å². The van der Waals surface area contributed by atoms with Crippen molar-refractivity contribution < 1.29 is 14.5 Å². The summed E-state index contributed by atoms with van der Waals surface area (Å²) in [5.74, 6) is -0.0433. The van der Waals surface area contributed by atoms with Gasteiger partial charge in [-0.15, -0.1) is 0 Å². The molecule has 0 saturated heterocycles. The summed E-state index contributed by atoms with van der Waals surface area (Å²) in [6.07, 6.45) is -0.775. The van der Waals surface area contributed by atoms with Crippen LogP contribution < -0.4 is 10.1 Å². The van der Waals surface area contributed by atoms with Crippen LogP contribution >= 0.6 is 0 Å². The lowest BCUT2D eigenvalue weighted by atomic mass is 10.2. The summed E-state index contributed by atoms with van der Waals surface area (Å²) in [5, 5.41) is 13.5. The zero-order chi connectivity index (χ0) is 16.1. The molecule has 1 N–H and O–H groups in total. The maximum absolute atomic E-state index is 12.1. The molecule has 0 aliphatic heterocycles. The molecule has 6 heteroatoms. The molecule has 6 nitrogen and oxygen atoms in total. The van der Waals surface area contributed by atoms with E-state index in [1.54, 1.807) is 19.1 Å². The molecule has 2 aromatic rings. The normalized spacial score (nSPS) is 11.5. The van der Waals surface area contributed by atoms with E-state index in [0.717, 1.165) is 5.56 Å². The quantitative estimate of drug-likeness (QED) is 0.678. The Hall–Kier alpha value is -2.89. The van der Waals surface area contributed by atoms with Crippen LogP contribution in [-0.2, 0) is 4.79 Å². The van der Waals surface area contributed by atoms with Crippen molar-refractivity contribution in [2.24, 2.45) is 0 Å². The lowest BCUT2D eigenvalue weighted by Crippen LogP contribution is -2.30. The molecule has 0 aromatic heterocycles.